The van der Waals surface area contributed by atoms with Crippen molar-refractivity contribution in [3.05, 3.63) is 47.8 Å². The van der Waals surface area contributed by atoms with Gasteiger partial charge in [-0.15, -0.1) is 0 Å². The van der Waals surface area contributed by atoms with Crippen molar-refractivity contribution in [1.29, 1.82) is 0 Å². The number of amides is 1. The Kier molecular flexibility index (Phi) is 4.53. The number of carbonyl (C=O) groups excluding carboxylic acids is 1. The fourth-order valence-electron chi connectivity index (χ4n) is 4.18. The second kappa shape index (κ2) is 6.83. The molecule has 2 fully saturated rings. The predicted molar refractivity (Wildman–Crippen MR) is 99.4 cm³/mol. The summed E-state index contributed by atoms with van der Waals surface area (Å²) in [6.07, 6.45) is 11.2. The molecule has 2 aromatic rings. The highest BCUT2D eigenvalue weighted by Gasteiger charge is 2.45. The Hall–Kier alpha value is -2.21. The van der Waals surface area contributed by atoms with Gasteiger partial charge in [-0.25, -0.2) is 4.98 Å². The van der Waals surface area contributed by atoms with Crippen molar-refractivity contribution in [3.63, 3.8) is 0 Å². The Labute approximate surface area is 154 Å². The Morgan fingerprint density at radius 1 is 1.27 bits per heavy atom. The average molecular weight is 353 g/mol. The standard InChI is InChI=1S/C20H27N5O/c1-13-8-9-21-12-16(13)14(2)23-17-6-7-18(26)25(15-4-5-15)19(17)20-22-10-11-24(20)3/h8-12,14-15,17,19,23H,4-7H2,1-3H3/t14?,17-,19-/m1/s1. The third-order valence-corrected chi connectivity index (χ3v) is 5.71. The SMILES string of the molecule is Cc1ccncc1C(C)N[C@@H]1CCC(=O)N(C2CC2)[C@H]1c1nccn1C. The van der Waals surface area contributed by atoms with Crippen LogP contribution in [-0.2, 0) is 11.8 Å². The van der Waals surface area contributed by atoms with Gasteiger partial charge in [0.2, 0.25) is 5.91 Å². The highest BCUT2D eigenvalue weighted by molar-refractivity contribution is 5.78. The van der Waals surface area contributed by atoms with E-state index in [1.807, 2.05) is 42.5 Å². The van der Waals surface area contributed by atoms with E-state index in [0.29, 0.717) is 12.5 Å². The number of pyridine rings is 1. The summed E-state index contributed by atoms with van der Waals surface area (Å²) >= 11 is 0. The van der Waals surface area contributed by atoms with Gasteiger partial charge in [0.25, 0.3) is 0 Å². The number of nitrogens with one attached hydrogen (secondary N) is 1. The lowest BCUT2D eigenvalue weighted by Gasteiger charge is -2.42. The Bertz CT molecular complexity index is 797. The van der Waals surface area contributed by atoms with Crippen LogP contribution in [0.3, 0.4) is 0 Å². The summed E-state index contributed by atoms with van der Waals surface area (Å²) in [5.41, 5.74) is 2.44. The lowest BCUT2D eigenvalue weighted by Crippen LogP contribution is -2.52. The summed E-state index contributed by atoms with van der Waals surface area (Å²) in [6.45, 7) is 4.30. The van der Waals surface area contributed by atoms with Crippen molar-refractivity contribution in [2.75, 3.05) is 0 Å². The van der Waals surface area contributed by atoms with E-state index in [1.54, 1.807) is 0 Å². The van der Waals surface area contributed by atoms with E-state index in [4.69, 9.17) is 0 Å². The normalized spacial score (nSPS) is 24.7. The molecule has 1 amide bonds. The molecule has 138 valence electrons. The first-order chi connectivity index (χ1) is 12.6. The fraction of sp³-hybridized carbons (Fsp3) is 0.550. The highest BCUT2D eigenvalue weighted by atomic mass is 16.2. The van der Waals surface area contributed by atoms with Gasteiger partial charge in [-0.3, -0.25) is 9.78 Å². The third-order valence-electron chi connectivity index (χ3n) is 5.71. The molecule has 2 aliphatic rings. The second-order valence-corrected chi connectivity index (χ2v) is 7.64. The average Bonchev–Trinajstić information content (AvgIpc) is 3.37. The maximum absolute atomic E-state index is 12.7. The quantitative estimate of drug-likeness (QED) is 0.898. The number of rotatable bonds is 5. The van der Waals surface area contributed by atoms with Gasteiger partial charge in [-0.1, -0.05) is 0 Å². The van der Waals surface area contributed by atoms with E-state index in [2.05, 4.69) is 34.0 Å². The zero-order valence-corrected chi connectivity index (χ0v) is 15.7. The first kappa shape index (κ1) is 17.2. The van der Waals surface area contributed by atoms with Crippen LogP contribution in [0.25, 0.3) is 0 Å². The number of hydrogen-bond donors (Lipinski definition) is 1. The van der Waals surface area contributed by atoms with Crippen LogP contribution < -0.4 is 5.32 Å². The van der Waals surface area contributed by atoms with Crippen molar-refractivity contribution < 1.29 is 4.79 Å². The number of nitrogens with zero attached hydrogens (tertiary/aromatic N) is 4. The molecule has 1 N–H and O–H groups in total. The molecule has 1 saturated carbocycles. The van der Waals surface area contributed by atoms with E-state index in [1.165, 1.54) is 11.1 Å². The molecule has 3 atom stereocenters. The number of aryl methyl sites for hydroxylation is 2. The molecule has 1 saturated heterocycles. The molecule has 6 heteroatoms. The van der Waals surface area contributed by atoms with Crippen LogP contribution >= 0.6 is 0 Å². The lowest BCUT2D eigenvalue weighted by atomic mass is 9.92. The topological polar surface area (TPSA) is 63.1 Å². The zero-order chi connectivity index (χ0) is 18.3. The molecule has 0 spiro atoms. The molecule has 2 aromatic heterocycles. The van der Waals surface area contributed by atoms with Gasteiger partial charge in [0.1, 0.15) is 11.9 Å². The molecule has 26 heavy (non-hydrogen) atoms. The maximum atomic E-state index is 12.7. The van der Waals surface area contributed by atoms with Crippen molar-refractivity contribution in [2.24, 2.45) is 7.05 Å². The molecular formula is C20H27N5O. The third kappa shape index (κ3) is 3.14. The minimum atomic E-state index is -0.0109. The maximum Gasteiger partial charge on any atom is 0.223 e. The number of imidazole rings is 1. The monoisotopic (exact) mass is 353 g/mol. The number of likely N-dealkylation sites (tertiary alicyclic amines) is 1. The first-order valence-corrected chi connectivity index (χ1v) is 9.51. The van der Waals surface area contributed by atoms with Gasteiger partial charge in [0, 0.05) is 56.4 Å². The van der Waals surface area contributed by atoms with E-state index in [9.17, 15) is 4.79 Å². The van der Waals surface area contributed by atoms with Crippen molar-refractivity contribution >= 4 is 5.91 Å². The van der Waals surface area contributed by atoms with Crippen LogP contribution in [0.4, 0.5) is 0 Å². The summed E-state index contributed by atoms with van der Waals surface area (Å²) in [4.78, 5) is 23.7. The Balaban J connectivity index is 1.64. The summed E-state index contributed by atoms with van der Waals surface area (Å²) in [6, 6.07) is 2.77. The van der Waals surface area contributed by atoms with Crippen LogP contribution in [0, 0.1) is 6.92 Å². The minimum Gasteiger partial charge on any atom is -0.336 e. The molecule has 6 nitrogen and oxygen atoms in total. The van der Waals surface area contributed by atoms with Gasteiger partial charge in [-0.2, -0.15) is 0 Å². The number of piperidine rings is 1. The molecule has 0 aromatic carbocycles. The largest absolute Gasteiger partial charge is 0.336 e. The van der Waals surface area contributed by atoms with Gasteiger partial charge in [0.05, 0.1) is 0 Å². The van der Waals surface area contributed by atoms with Crippen LogP contribution in [0.15, 0.2) is 30.9 Å². The van der Waals surface area contributed by atoms with Crippen LogP contribution in [-0.4, -0.2) is 37.4 Å². The predicted octanol–water partition coefficient (Wildman–Crippen LogP) is 2.67. The van der Waals surface area contributed by atoms with Crippen LogP contribution in [0.1, 0.15) is 61.6 Å². The van der Waals surface area contributed by atoms with E-state index in [0.717, 1.165) is 25.1 Å². The number of hydrogen-bond acceptors (Lipinski definition) is 4. The summed E-state index contributed by atoms with van der Waals surface area (Å²) in [5.74, 6) is 1.24. The van der Waals surface area contributed by atoms with E-state index in [-0.39, 0.29) is 24.0 Å². The summed E-state index contributed by atoms with van der Waals surface area (Å²) in [7, 11) is 2.01. The van der Waals surface area contributed by atoms with E-state index >= 15 is 0 Å². The molecule has 0 radical (unpaired) electrons. The minimum absolute atomic E-state index is 0.0109. The Morgan fingerprint density at radius 3 is 2.73 bits per heavy atom. The zero-order valence-electron chi connectivity index (χ0n) is 15.7. The Morgan fingerprint density at radius 2 is 2.08 bits per heavy atom. The molecule has 1 aliphatic carbocycles. The molecule has 1 aliphatic heterocycles. The van der Waals surface area contributed by atoms with Gasteiger partial charge in [0.15, 0.2) is 0 Å². The highest BCUT2D eigenvalue weighted by Crippen LogP contribution is 2.40. The van der Waals surface area contributed by atoms with E-state index < -0.39 is 0 Å². The van der Waals surface area contributed by atoms with Crippen LogP contribution in [0.5, 0.6) is 0 Å². The molecule has 0 bridgehead atoms. The fourth-order valence-corrected chi connectivity index (χ4v) is 4.18. The van der Waals surface area contributed by atoms with Gasteiger partial charge in [-0.05, 0) is 50.3 Å². The lowest BCUT2D eigenvalue weighted by molar-refractivity contribution is -0.139. The summed E-state index contributed by atoms with van der Waals surface area (Å²) < 4.78 is 2.05. The summed E-state index contributed by atoms with van der Waals surface area (Å²) in [5, 5.41) is 3.79. The molecule has 3 heterocycles. The van der Waals surface area contributed by atoms with Gasteiger partial charge < -0.3 is 14.8 Å². The number of carbonyl (C=O) groups is 1. The van der Waals surface area contributed by atoms with Crippen LogP contribution in [0.2, 0.25) is 0 Å². The van der Waals surface area contributed by atoms with Crippen molar-refractivity contribution in [1.82, 2.24) is 24.8 Å². The second-order valence-electron chi connectivity index (χ2n) is 7.64. The molecule has 1 unspecified atom stereocenters. The van der Waals surface area contributed by atoms with Crippen molar-refractivity contribution in [3.8, 4) is 0 Å². The number of aromatic nitrogens is 3. The molecule has 4 rings (SSSR count). The van der Waals surface area contributed by atoms with Gasteiger partial charge >= 0.3 is 0 Å². The molecular weight excluding hydrogens is 326 g/mol. The smallest absolute Gasteiger partial charge is 0.223 e. The van der Waals surface area contributed by atoms with Crippen molar-refractivity contribution in [2.45, 2.75) is 63.7 Å². The first-order valence-electron chi connectivity index (χ1n) is 9.51.